The number of hydrogen-bond acceptors (Lipinski definition) is 11. The van der Waals surface area contributed by atoms with Gasteiger partial charge in [-0.25, -0.2) is 19.6 Å². The Kier molecular flexibility index (Phi) is 10.2. The number of alkyl carbamates (subject to hydrolysis) is 1. The number of methoxy groups -OCH3 is 1. The lowest BCUT2D eigenvalue weighted by Crippen LogP contribution is -2.59. The maximum Gasteiger partial charge on any atom is 0.408 e. The molecule has 3 unspecified atom stereocenters. The number of anilines is 1. The van der Waals surface area contributed by atoms with Crippen LogP contribution < -0.4 is 25.4 Å². The fourth-order valence-electron chi connectivity index (χ4n) is 7.98. The summed E-state index contributed by atoms with van der Waals surface area (Å²) < 4.78 is 17.9. The molecule has 3 aliphatic carbocycles. The van der Waals surface area contributed by atoms with Crippen LogP contribution in [0.4, 0.5) is 9.93 Å². The van der Waals surface area contributed by atoms with E-state index in [9.17, 15) is 24.3 Å². The molecular formula is C40H50N6O8S. The summed E-state index contributed by atoms with van der Waals surface area (Å²) >= 11 is 1.46. The fraction of sp³-hybridized carbons (Fsp3) is 0.550. The summed E-state index contributed by atoms with van der Waals surface area (Å²) in [4.78, 5) is 65.4. The molecule has 4 aliphatic rings. The maximum atomic E-state index is 14.6. The zero-order valence-corrected chi connectivity index (χ0v) is 32.9. The summed E-state index contributed by atoms with van der Waals surface area (Å²) in [5, 5.41) is 22.3. The van der Waals surface area contributed by atoms with E-state index in [0.29, 0.717) is 45.6 Å². The molecule has 7 rings (SSSR count). The molecule has 15 heteroatoms. The smallest absolute Gasteiger partial charge is 0.408 e. The van der Waals surface area contributed by atoms with Gasteiger partial charge in [0.2, 0.25) is 11.8 Å². The molecule has 0 radical (unpaired) electrons. The number of thiazole rings is 1. The van der Waals surface area contributed by atoms with Crippen molar-refractivity contribution in [1.29, 1.82) is 0 Å². The lowest BCUT2D eigenvalue weighted by Gasteiger charge is -2.35. The van der Waals surface area contributed by atoms with Gasteiger partial charge >= 0.3 is 12.1 Å². The minimum Gasteiger partial charge on any atom is -0.497 e. The monoisotopic (exact) mass is 774 g/mol. The largest absolute Gasteiger partial charge is 0.497 e. The van der Waals surface area contributed by atoms with Gasteiger partial charge in [-0.1, -0.05) is 26.8 Å². The highest BCUT2D eigenvalue weighted by molar-refractivity contribution is 7.14. The van der Waals surface area contributed by atoms with Crippen LogP contribution in [0, 0.1) is 23.2 Å². The Balaban J connectivity index is 1.19. The number of aliphatic carboxylic acids is 1. The van der Waals surface area contributed by atoms with Crippen molar-refractivity contribution in [3.05, 3.63) is 42.3 Å². The van der Waals surface area contributed by atoms with Gasteiger partial charge in [-0.2, -0.15) is 0 Å². The standard InChI is InChI=1S/C40H50N6O8S/c1-8-23-17-40(23,36(49)50)45-34(47)31-15-26(18-46(31)35(48)33(39(4,5)6)44-38(51)54-25-12-21-11-22(21)13-25)53-32-16-29(30-19-55-37(43-30)41-20(2)3)42-28-14-24(52-7)9-10-27(28)32/h8-10,14,16,19-23,25-26,31,33H,1,11-13,15,17-18H2,2-7H3,(H,41,43)(H,44,51)(H,45,47)(H,49,50)/t21-,22+,23?,25?,26-,31+,33?,40-/m1/s1. The average Bonchev–Trinajstić information content (AvgIpc) is 3.79. The van der Waals surface area contributed by atoms with Gasteiger partial charge in [0.1, 0.15) is 47.0 Å². The van der Waals surface area contributed by atoms with Gasteiger partial charge in [0.15, 0.2) is 5.13 Å². The van der Waals surface area contributed by atoms with E-state index in [1.54, 1.807) is 25.3 Å². The molecule has 0 spiro atoms. The highest BCUT2D eigenvalue weighted by Crippen LogP contribution is 2.52. The molecule has 3 saturated carbocycles. The number of hydrogen-bond donors (Lipinski definition) is 4. The zero-order chi connectivity index (χ0) is 39.4. The third-order valence-corrected chi connectivity index (χ3v) is 11.9. The molecule has 4 N–H and O–H groups in total. The molecule has 55 heavy (non-hydrogen) atoms. The van der Waals surface area contributed by atoms with E-state index in [-0.39, 0.29) is 31.5 Å². The lowest BCUT2D eigenvalue weighted by molar-refractivity contribution is -0.146. The van der Waals surface area contributed by atoms with Crippen molar-refractivity contribution in [1.82, 2.24) is 25.5 Å². The van der Waals surface area contributed by atoms with Crippen LogP contribution in [0.2, 0.25) is 0 Å². The molecule has 14 nitrogen and oxygen atoms in total. The second kappa shape index (κ2) is 14.6. The summed E-state index contributed by atoms with van der Waals surface area (Å²) in [7, 11) is 1.58. The third kappa shape index (κ3) is 7.94. The molecule has 1 aromatic carbocycles. The predicted octanol–water partition coefficient (Wildman–Crippen LogP) is 5.62. The van der Waals surface area contributed by atoms with Gasteiger partial charge in [0.25, 0.3) is 0 Å². The number of nitrogens with one attached hydrogen (secondary N) is 3. The number of fused-ring (bicyclic) bond motifs is 2. The molecular weight excluding hydrogens is 725 g/mol. The Morgan fingerprint density at radius 1 is 1.05 bits per heavy atom. The van der Waals surface area contributed by atoms with E-state index >= 15 is 0 Å². The number of amides is 3. The minimum atomic E-state index is -1.51. The first-order chi connectivity index (χ1) is 26.1. The Morgan fingerprint density at radius 3 is 2.44 bits per heavy atom. The van der Waals surface area contributed by atoms with Gasteiger partial charge in [-0.3, -0.25) is 9.59 Å². The van der Waals surface area contributed by atoms with Crippen molar-refractivity contribution in [2.75, 3.05) is 19.0 Å². The van der Waals surface area contributed by atoms with Crippen molar-refractivity contribution in [3.8, 4) is 22.9 Å². The average molecular weight is 775 g/mol. The SMILES string of the molecule is C=CC1C[C@]1(NC(=O)[C@@H]1C[C@@H](Oc2cc(-c3csc(NC(C)C)n3)nc3cc(OC)ccc23)CN1C(=O)C(NC(=O)OC1C[C@@H]2C[C@@H]2C1)C(C)(C)C)C(=O)O. The van der Waals surface area contributed by atoms with E-state index in [4.69, 9.17) is 24.2 Å². The van der Waals surface area contributed by atoms with Crippen LogP contribution in [-0.4, -0.2) is 93.4 Å². The summed E-state index contributed by atoms with van der Waals surface area (Å²) in [6.07, 6.45) is 3.05. The number of carboxylic acid groups (broad SMARTS) is 1. The summed E-state index contributed by atoms with van der Waals surface area (Å²) in [5.74, 6) is -0.456. The predicted molar refractivity (Wildman–Crippen MR) is 207 cm³/mol. The van der Waals surface area contributed by atoms with Crippen molar-refractivity contribution < 1.29 is 38.5 Å². The van der Waals surface area contributed by atoms with Crippen LogP contribution in [-0.2, 0) is 19.1 Å². The first kappa shape index (κ1) is 38.4. The minimum absolute atomic E-state index is 0.00830. The molecule has 1 saturated heterocycles. The van der Waals surface area contributed by atoms with Crippen LogP contribution in [0.25, 0.3) is 22.3 Å². The number of carbonyl (C=O) groups excluding carboxylic acids is 3. The van der Waals surface area contributed by atoms with Crippen LogP contribution in [0.15, 0.2) is 42.3 Å². The number of carbonyl (C=O) groups is 4. The second-order valence-corrected chi connectivity index (χ2v) is 17.6. The lowest BCUT2D eigenvalue weighted by atomic mass is 9.85. The Hall–Kier alpha value is -4.92. The molecule has 4 fully saturated rings. The zero-order valence-electron chi connectivity index (χ0n) is 32.1. The molecule has 3 amide bonds. The van der Waals surface area contributed by atoms with Crippen molar-refractivity contribution >= 4 is 51.2 Å². The highest BCUT2D eigenvalue weighted by Gasteiger charge is 2.61. The van der Waals surface area contributed by atoms with Gasteiger partial charge in [0, 0.05) is 41.3 Å². The van der Waals surface area contributed by atoms with Crippen LogP contribution in [0.5, 0.6) is 11.5 Å². The fourth-order valence-corrected chi connectivity index (χ4v) is 8.83. The van der Waals surface area contributed by atoms with Gasteiger partial charge in [-0.15, -0.1) is 17.9 Å². The summed E-state index contributed by atoms with van der Waals surface area (Å²) in [5.41, 5.74) is -0.476. The molecule has 1 aliphatic heterocycles. The number of pyridine rings is 1. The summed E-state index contributed by atoms with van der Waals surface area (Å²) in [6.45, 7) is 13.3. The number of nitrogens with zero attached hydrogens (tertiary/aromatic N) is 3. The number of benzene rings is 1. The maximum absolute atomic E-state index is 14.6. The quantitative estimate of drug-likeness (QED) is 0.158. The normalized spacial score (nSPS) is 27.2. The first-order valence-corrected chi connectivity index (χ1v) is 19.8. The van der Waals surface area contributed by atoms with E-state index in [2.05, 4.69) is 22.5 Å². The molecule has 294 valence electrons. The van der Waals surface area contributed by atoms with Crippen molar-refractivity contribution in [2.45, 2.75) is 103 Å². The van der Waals surface area contributed by atoms with E-state index in [0.717, 1.165) is 18.0 Å². The highest BCUT2D eigenvalue weighted by atomic mass is 32.1. The number of aromatic nitrogens is 2. The van der Waals surface area contributed by atoms with E-state index in [1.165, 1.54) is 28.7 Å². The Labute approximate surface area is 324 Å². The van der Waals surface area contributed by atoms with Crippen LogP contribution >= 0.6 is 11.3 Å². The molecule has 0 bridgehead atoms. The number of ether oxygens (including phenoxy) is 3. The number of likely N-dealkylation sites (tertiary alicyclic amines) is 1. The Bertz CT molecular complexity index is 2000. The second-order valence-electron chi connectivity index (χ2n) is 16.7. The van der Waals surface area contributed by atoms with Gasteiger partial charge in [0.05, 0.1) is 24.9 Å². The topological polar surface area (TPSA) is 181 Å². The van der Waals surface area contributed by atoms with E-state index in [1.807, 2.05) is 46.1 Å². The number of rotatable bonds is 13. The molecule has 8 atom stereocenters. The third-order valence-electron chi connectivity index (χ3n) is 11.2. The number of carboxylic acids is 1. The molecule has 3 aromatic rings. The Morgan fingerprint density at radius 2 is 1.80 bits per heavy atom. The van der Waals surface area contributed by atoms with Gasteiger partial charge < -0.3 is 40.2 Å². The van der Waals surface area contributed by atoms with E-state index < -0.39 is 58.9 Å². The molecule has 2 aromatic heterocycles. The molecule has 3 heterocycles. The first-order valence-electron chi connectivity index (χ1n) is 18.9. The van der Waals surface area contributed by atoms with Gasteiger partial charge in [-0.05, 0) is 68.9 Å². The van der Waals surface area contributed by atoms with Crippen molar-refractivity contribution in [3.63, 3.8) is 0 Å². The van der Waals surface area contributed by atoms with Crippen LogP contribution in [0.1, 0.15) is 66.7 Å². The summed E-state index contributed by atoms with van der Waals surface area (Å²) in [6, 6.07) is 5.27. The van der Waals surface area contributed by atoms with Crippen LogP contribution in [0.3, 0.4) is 0 Å². The van der Waals surface area contributed by atoms with Crippen molar-refractivity contribution in [2.24, 2.45) is 23.2 Å².